The van der Waals surface area contributed by atoms with Gasteiger partial charge in [-0.1, -0.05) is 107 Å². The number of nitrogens with zero attached hydrogens (tertiary/aromatic N) is 1. The van der Waals surface area contributed by atoms with E-state index in [9.17, 15) is 18.0 Å². The van der Waals surface area contributed by atoms with E-state index in [1.54, 1.807) is 38.1 Å². The number of aryl methyl sites for hydroxylation is 1. The maximum atomic E-state index is 14.5. The molecule has 3 aromatic carbocycles. The normalized spacial score (nSPS) is 15.1. The Bertz CT molecular complexity index is 1730. The molecule has 2 atom stereocenters. The second-order valence-electron chi connectivity index (χ2n) is 16.5. The summed E-state index contributed by atoms with van der Waals surface area (Å²) in [6.45, 7) is 26.9. The van der Waals surface area contributed by atoms with Gasteiger partial charge in [-0.25, -0.2) is 15.0 Å². The summed E-state index contributed by atoms with van der Waals surface area (Å²) in [4.78, 5) is 29.3. The molecule has 0 spiro atoms. The third-order valence-electron chi connectivity index (χ3n) is 10.9. The van der Waals surface area contributed by atoms with E-state index in [1.165, 1.54) is 11.1 Å². The Kier molecular flexibility index (Phi) is 16.7. The number of rotatable bonds is 22. The van der Waals surface area contributed by atoms with Crippen molar-refractivity contribution in [2.45, 2.75) is 147 Å². The predicted molar refractivity (Wildman–Crippen MR) is 223 cm³/mol. The fraction of sp³-hybridized carbons (Fsp3) is 0.553. The lowest BCUT2D eigenvalue weighted by Gasteiger charge is -2.29. The number of carbonyl (C=O) groups excluding carboxylic acids is 2. The Morgan fingerprint density at radius 2 is 1.00 bits per heavy atom. The maximum absolute atomic E-state index is 14.5. The molecule has 0 saturated heterocycles. The monoisotopic (exact) mass is 771 g/mol. The highest BCUT2D eigenvalue weighted by Gasteiger charge is 2.51. The summed E-state index contributed by atoms with van der Waals surface area (Å²) in [5.74, 6) is 0.397. The Hall–Kier alpha value is -3.96. The summed E-state index contributed by atoms with van der Waals surface area (Å²) in [5.41, 5.74) is 3.22. The molecular weight excluding hydrogens is 707 g/mol. The van der Waals surface area contributed by atoms with Gasteiger partial charge in [0.05, 0.1) is 28.9 Å². The molecule has 3 aromatic rings. The second-order valence-corrected chi connectivity index (χ2v) is 18.7. The van der Waals surface area contributed by atoms with Crippen molar-refractivity contribution in [2.75, 3.05) is 13.2 Å². The average molecular weight is 772 g/mol. The third-order valence-corrected chi connectivity index (χ3v) is 13.3. The molecule has 0 aromatic heterocycles. The minimum Gasteiger partial charge on any atom is -0.465 e. The highest BCUT2D eigenvalue weighted by Crippen LogP contribution is 2.40. The molecule has 0 heterocycles. The van der Waals surface area contributed by atoms with Gasteiger partial charge in [0.2, 0.25) is 0 Å². The van der Waals surface area contributed by atoms with Crippen LogP contribution in [0.4, 0.5) is 0 Å². The van der Waals surface area contributed by atoms with Gasteiger partial charge in [-0.2, -0.15) is 0 Å². The molecule has 0 saturated carbocycles. The highest BCUT2D eigenvalue weighted by atomic mass is 32.2. The largest absolute Gasteiger partial charge is 0.465 e. The summed E-state index contributed by atoms with van der Waals surface area (Å²) in [6, 6.07) is 23.0. The Labute approximate surface area is 332 Å². The van der Waals surface area contributed by atoms with E-state index in [-0.39, 0.29) is 42.9 Å². The van der Waals surface area contributed by atoms with Gasteiger partial charge in [0.25, 0.3) is 9.84 Å². The molecule has 8 heteroatoms. The number of esters is 2. The van der Waals surface area contributed by atoms with E-state index in [4.69, 9.17) is 16.0 Å². The molecule has 0 aliphatic rings. The van der Waals surface area contributed by atoms with Crippen molar-refractivity contribution in [2.24, 2.45) is 11.8 Å². The molecule has 0 bridgehead atoms. The van der Waals surface area contributed by atoms with Crippen LogP contribution >= 0.6 is 0 Å². The standard InChI is InChI=1S/C47H65NO6S/c1-11-53-43(49)45(8,40-23-19-38(20-24-40)33-35(3)4)29-13-15-31-47(48-10,55(51,52)42-27-17-37(7)18-28-42)32-16-14-30-46(9,44(50)54-12-2)41-25-21-39(22-26-41)34-36(5)6/h17-28,35-36H,11-16,29-34H2,1-9H3. The topological polar surface area (TPSA) is 91.1 Å². The zero-order valence-electron chi connectivity index (χ0n) is 34.9. The van der Waals surface area contributed by atoms with Crippen LogP contribution in [0.25, 0.3) is 4.85 Å². The molecule has 0 aliphatic heterocycles. The number of sulfone groups is 1. The first kappa shape index (κ1) is 45.4. The first-order chi connectivity index (χ1) is 26.0. The van der Waals surface area contributed by atoms with Crippen LogP contribution in [0.1, 0.15) is 135 Å². The molecule has 0 aliphatic carbocycles. The van der Waals surface area contributed by atoms with Crippen molar-refractivity contribution < 1.29 is 27.5 Å². The van der Waals surface area contributed by atoms with Gasteiger partial charge in [0.15, 0.2) is 0 Å². The van der Waals surface area contributed by atoms with E-state index >= 15 is 0 Å². The number of hydrogen-bond acceptors (Lipinski definition) is 6. The molecule has 7 nitrogen and oxygen atoms in total. The van der Waals surface area contributed by atoms with Crippen molar-refractivity contribution in [3.05, 3.63) is 112 Å². The summed E-state index contributed by atoms with van der Waals surface area (Å²) >= 11 is 0. The van der Waals surface area contributed by atoms with E-state index in [0.717, 1.165) is 29.5 Å². The fourth-order valence-corrected chi connectivity index (χ4v) is 9.41. The lowest BCUT2D eigenvalue weighted by molar-refractivity contribution is -0.150. The van der Waals surface area contributed by atoms with Crippen LogP contribution in [0, 0.1) is 25.3 Å². The minimum atomic E-state index is -4.08. The van der Waals surface area contributed by atoms with Gasteiger partial charge in [0, 0.05) is 12.8 Å². The number of carbonyl (C=O) groups is 2. The molecule has 300 valence electrons. The molecule has 55 heavy (non-hydrogen) atoms. The van der Waals surface area contributed by atoms with E-state index < -0.39 is 25.5 Å². The van der Waals surface area contributed by atoms with Crippen LogP contribution in [0.3, 0.4) is 0 Å². The van der Waals surface area contributed by atoms with Gasteiger partial charge < -0.3 is 9.47 Å². The summed E-state index contributed by atoms with van der Waals surface area (Å²) in [7, 11) is -4.08. The average Bonchev–Trinajstić information content (AvgIpc) is 3.14. The number of ether oxygens (including phenoxy) is 2. The lowest BCUT2D eigenvalue weighted by Crippen LogP contribution is -2.37. The first-order valence-electron chi connectivity index (χ1n) is 20.2. The Morgan fingerprint density at radius 1 is 0.636 bits per heavy atom. The summed E-state index contributed by atoms with van der Waals surface area (Å²) in [5, 5.41) is 0. The second kappa shape index (κ2) is 20.3. The van der Waals surface area contributed by atoms with Gasteiger partial charge in [0.1, 0.15) is 0 Å². The van der Waals surface area contributed by atoms with Crippen LogP contribution in [-0.2, 0) is 52.6 Å². The zero-order valence-corrected chi connectivity index (χ0v) is 35.7. The van der Waals surface area contributed by atoms with E-state index in [0.29, 0.717) is 50.4 Å². The fourth-order valence-electron chi connectivity index (χ4n) is 7.53. The Morgan fingerprint density at radius 3 is 1.33 bits per heavy atom. The molecular formula is C47H65NO6S. The van der Waals surface area contributed by atoms with Crippen molar-refractivity contribution >= 4 is 21.8 Å². The van der Waals surface area contributed by atoms with Crippen LogP contribution in [0.15, 0.2) is 77.7 Å². The van der Waals surface area contributed by atoms with E-state index in [1.807, 2.05) is 45.0 Å². The number of benzene rings is 3. The van der Waals surface area contributed by atoms with Crippen molar-refractivity contribution in [3.8, 4) is 0 Å². The van der Waals surface area contributed by atoms with Crippen LogP contribution in [0.5, 0.6) is 0 Å². The smallest absolute Gasteiger partial charge is 0.333 e. The number of unbranched alkanes of at least 4 members (excludes halogenated alkanes) is 2. The van der Waals surface area contributed by atoms with Crippen LogP contribution in [-0.4, -0.2) is 38.4 Å². The molecule has 0 radical (unpaired) electrons. The third kappa shape index (κ3) is 11.5. The molecule has 0 N–H and O–H groups in total. The molecule has 0 amide bonds. The van der Waals surface area contributed by atoms with Crippen molar-refractivity contribution in [3.63, 3.8) is 0 Å². The SMILES string of the molecule is [C-]#[N+]C(CCCCC(C)(C(=O)OCC)c1ccc(CC(C)C)cc1)(CCCCC(C)(C(=O)OCC)c1ccc(CC(C)C)cc1)S(=O)(=O)c1ccc(C)cc1. The molecule has 3 rings (SSSR count). The maximum Gasteiger partial charge on any atom is 0.333 e. The highest BCUT2D eigenvalue weighted by molar-refractivity contribution is 7.93. The van der Waals surface area contributed by atoms with Gasteiger partial charge in [-0.3, -0.25) is 14.4 Å². The first-order valence-corrected chi connectivity index (χ1v) is 21.7. The number of hydrogen-bond donors (Lipinski definition) is 0. The predicted octanol–water partition coefficient (Wildman–Crippen LogP) is 10.9. The van der Waals surface area contributed by atoms with Crippen molar-refractivity contribution in [1.82, 2.24) is 0 Å². The van der Waals surface area contributed by atoms with Gasteiger partial charge >= 0.3 is 16.8 Å². The van der Waals surface area contributed by atoms with Crippen LogP contribution < -0.4 is 0 Å². The quantitative estimate of drug-likeness (QED) is 0.0574. The molecule has 0 fully saturated rings. The zero-order chi connectivity index (χ0) is 40.9. The van der Waals surface area contributed by atoms with Gasteiger partial charge in [-0.15, -0.1) is 0 Å². The van der Waals surface area contributed by atoms with E-state index in [2.05, 4.69) is 56.8 Å². The van der Waals surface area contributed by atoms with Crippen LogP contribution in [0.2, 0.25) is 0 Å². The Balaban J connectivity index is 1.87. The summed E-state index contributed by atoms with van der Waals surface area (Å²) in [6.07, 6.45) is 4.92. The lowest BCUT2D eigenvalue weighted by atomic mass is 9.77. The van der Waals surface area contributed by atoms with Crippen molar-refractivity contribution in [1.29, 1.82) is 0 Å². The summed E-state index contributed by atoms with van der Waals surface area (Å²) < 4.78 is 40.0. The van der Waals surface area contributed by atoms with Gasteiger partial charge in [-0.05, 0) is 119 Å². The molecule has 2 unspecified atom stereocenters. The minimum absolute atomic E-state index is 0.116.